The molecule has 0 aromatic carbocycles. The SMILES string of the molecule is CC(=O)OC(C)CC1OC(C)(C)OC1CO. The van der Waals surface area contributed by atoms with Crippen LogP contribution in [0, 0.1) is 0 Å². The first-order valence-electron chi connectivity index (χ1n) is 5.48. The van der Waals surface area contributed by atoms with Gasteiger partial charge in [0.2, 0.25) is 0 Å². The third-order valence-corrected chi connectivity index (χ3v) is 2.40. The van der Waals surface area contributed by atoms with Crippen molar-refractivity contribution in [2.24, 2.45) is 0 Å². The molecule has 1 N–H and O–H groups in total. The number of rotatable bonds is 4. The number of aliphatic hydroxyl groups is 1. The lowest BCUT2D eigenvalue weighted by atomic mass is 10.1. The number of carbonyl (C=O) groups is 1. The molecule has 0 amide bonds. The minimum atomic E-state index is -0.687. The summed E-state index contributed by atoms with van der Waals surface area (Å²) < 4.78 is 16.2. The van der Waals surface area contributed by atoms with E-state index in [2.05, 4.69) is 0 Å². The fraction of sp³-hybridized carbons (Fsp3) is 0.909. The van der Waals surface area contributed by atoms with Crippen LogP contribution in [0.25, 0.3) is 0 Å². The number of aliphatic hydroxyl groups excluding tert-OH is 1. The summed E-state index contributed by atoms with van der Waals surface area (Å²) in [4.78, 5) is 10.8. The molecule has 0 aliphatic carbocycles. The average molecular weight is 232 g/mol. The standard InChI is InChI=1S/C11H20O5/c1-7(14-8(2)13)5-9-10(6-12)16-11(3,4)15-9/h7,9-10,12H,5-6H2,1-4H3. The number of hydrogen-bond donors (Lipinski definition) is 1. The van der Waals surface area contributed by atoms with Gasteiger partial charge in [-0.2, -0.15) is 0 Å². The van der Waals surface area contributed by atoms with Crippen LogP contribution in [0.1, 0.15) is 34.1 Å². The van der Waals surface area contributed by atoms with Gasteiger partial charge in [-0.05, 0) is 20.8 Å². The lowest BCUT2D eigenvalue weighted by Gasteiger charge is -2.19. The summed E-state index contributed by atoms with van der Waals surface area (Å²) in [6.45, 7) is 6.67. The van der Waals surface area contributed by atoms with Crippen LogP contribution in [0.15, 0.2) is 0 Å². The molecule has 0 saturated carbocycles. The summed E-state index contributed by atoms with van der Waals surface area (Å²) in [5, 5.41) is 9.15. The van der Waals surface area contributed by atoms with E-state index in [1.807, 2.05) is 0 Å². The molecule has 94 valence electrons. The Balaban J connectivity index is 2.49. The van der Waals surface area contributed by atoms with E-state index in [1.54, 1.807) is 20.8 Å². The highest BCUT2D eigenvalue weighted by atomic mass is 16.8. The topological polar surface area (TPSA) is 65.0 Å². The van der Waals surface area contributed by atoms with Crippen molar-refractivity contribution >= 4 is 5.97 Å². The monoisotopic (exact) mass is 232 g/mol. The lowest BCUT2D eigenvalue weighted by molar-refractivity contribution is -0.154. The van der Waals surface area contributed by atoms with E-state index in [0.717, 1.165) is 0 Å². The van der Waals surface area contributed by atoms with Crippen molar-refractivity contribution in [3.63, 3.8) is 0 Å². The minimum Gasteiger partial charge on any atom is -0.463 e. The van der Waals surface area contributed by atoms with E-state index in [0.29, 0.717) is 6.42 Å². The maximum Gasteiger partial charge on any atom is 0.302 e. The molecule has 1 fully saturated rings. The van der Waals surface area contributed by atoms with Crippen molar-refractivity contribution in [1.29, 1.82) is 0 Å². The Morgan fingerprint density at radius 1 is 1.44 bits per heavy atom. The van der Waals surface area contributed by atoms with Crippen LogP contribution in [0.2, 0.25) is 0 Å². The van der Waals surface area contributed by atoms with Gasteiger partial charge in [-0.15, -0.1) is 0 Å². The first kappa shape index (κ1) is 13.4. The van der Waals surface area contributed by atoms with Crippen LogP contribution in [-0.4, -0.2) is 41.8 Å². The van der Waals surface area contributed by atoms with Gasteiger partial charge >= 0.3 is 5.97 Å². The van der Waals surface area contributed by atoms with E-state index in [1.165, 1.54) is 6.92 Å². The lowest BCUT2D eigenvalue weighted by Crippen LogP contribution is -2.30. The van der Waals surface area contributed by atoms with E-state index >= 15 is 0 Å². The molecule has 0 spiro atoms. The zero-order valence-corrected chi connectivity index (χ0v) is 10.2. The van der Waals surface area contributed by atoms with Crippen LogP contribution in [0.4, 0.5) is 0 Å². The highest BCUT2D eigenvalue weighted by Crippen LogP contribution is 2.30. The van der Waals surface area contributed by atoms with Crippen LogP contribution >= 0.6 is 0 Å². The second kappa shape index (κ2) is 5.12. The summed E-state index contributed by atoms with van der Waals surface area (Å²) in [6, 6.07) is 0. The van der Waals surface area contributed by atoms with E-state index in [4.69, 9.17) is 19.3 Å². The minimum absolute atomic E-state index is 0.0963. The molecule has 1 saturated heterocycles. The van der Waals surface area contributed by atoms with Gasteiger partial charge in [0.05, 0.1) is 12.7 Å². The molecule has 1 aliphatic heterocycles. The van der Waals surface area contributed by atoms with E-state index in [9.17, 15) is 4.79 Å². The number of hydrogen-bond acceptors (Lipinski definition) is 5. The molecular weight excluding hydrogens is 212 g/mol. The van der Waals surface area contributed by atoms with Crippen LogP contribution in [-0.2, 0) is 19.0 Å². The summed E-state index contributed by atoms with van der Waals surface area (Å²) in [7, 11) is 0. The Kier molecular flexibility index (Phi) is 4.29. The average Bonchev–Trinajstić information content (AvgIpc) is 2.38. The molecule has 1 aliphatic rings. The van der Waals surface area contributed by atoms with Crippen molar-refractivity contribution in [3.05, 3.63) is 0 Å². The van der Waals surface area contributed by atoms with Gasteiger partial charge < -0.3 is 19.3 Å². The smallest absolute Gasteiger partial charge is 0.302 e. The van der Waals surface area contributed by atoms with Crippen molar-refractivity contribution in [2.75, 3.05) is 6.61 Å². The summed E-state index contributed by atoms with van der Waals surface area (Å²) in [6.07, 6.45) is -0.315. The number of carbonyl (C=O) groups excluding carboxylic acids is 1. The molecule has 5 nitrogen and oxygen atoms in total. The summed E-state index contributed by atoms with van der Waals surface area (Å²) in [5.74, 6) is -1.00. The quantitative estimate of drug-likeness (QED) is 0.728. The summed E-state index contributed by atoms with van der Waals surface area (Å²) in [5.41, 5.74) is 0. The van der Waals surface area contributed by atoms with Gasteiger partial charge in [0.1, 0.15) is 12.2 Å². The maximum atomic E-state index is 10.8. The Labute approximate surface area is 95.7 Å². The first-order chi connectivity index (χ1) is 7.34. The normalized spacial score (nSPS) is 30.1. The Hall–Kier alpha value is -0.650. The van der Waals surface area contributed by atoms with E-state index < -0.39 is 5.79 Å². The Bertz CT molecular complexity index is 251. The molecule has 3 unspecified atom stereocenters. The first-order valence-corrected chi connectivity index (χ1v) is 5.48. The van der Waals surface area contributed by atoms with Gasteiger partial charge in [0.15, 0.2) is 5.79 Å². The van der Waals surface area contributed by atoms with Gasteiger partial charge in [-0.3, -0.25) is 4.79 Å². The summed E-state index contributed by atoms with van der Waals surface area (Å²) >= 11 is 0. The predicted molar refractivity (Wildman–Crippen MR) is 56.8 cm³/mol. The van der Waals surface area contributed by atoms with Crippen LogP contribution < -0.4 is 0 Å². The molecule has 0 aromatic heterocycles. The Morgan fingerprint density at radius 2 is 2.00 bits per heavy atom. The number of esters is 1. The maximum absolute atomic E-state index is 10.8. The molecule has 1 rings (SSSR count). The van der Waals surface area contributed by atoms with Gasteiger partial charge in [0.25, 0.3) is 0 Å². The second-order valence-corrected chi connectivity index (χ2v) is 4.55. The second-order valence-electron chi connectivity index (χ2n) is 4.55. The van der Waals surface area contributed by atoms with Crippen LogP contribution in [0.3, 0.4) is 0 Å². The third kappa shape index (κ3) is 3.73. The molecule has 0 radical (unpaired) electrons. The zero-order valence-electron chi connectivity index (χ0n) is 10.2. The highest BCUT2D eigenvalue weighted by Gasteiger charge is 2.41. The van der Waals surface area contributed by atoms with Crippen molar-refractivity contribution < 1.29 is 24.1 Å². The van der Waals surface area contributed by atoms with E-state index in [-0.39, 0.29) is 30.9 Å². The zero-order chi connectivity index (χ0) is 12.3. The van der Waals surface area contributed by atoms with Crippen molar-refractivity contribution in [3.8, 4) is 0 Å². The molecule has 3 atom stereocenters. The molecule has 1 heterocycles. The van der Waals surface area contributed by atoms with Crippen molar-refractivity contribution in [2.45, 2.75) is 58.2 Å². The van der Waals surface area contributed by atoms with Gasteiger partial charge in [-0.1, -0.05) is 0 Å². The third-order valence-electron chi connectivity index (χ3n) is 2.40. The highest BCUT2D eigenvalue weighted by molar-refractivity contribution is 5.66. The van der Waals surface area contributed by atoms with Crippen molar-refractivity contribution in [1.82, 2.24) is 0 Å². The molecule has 16 heavy (non-hydrogen) atoms. The molecule has 0 bridgehead atoms. The molecule has 5 heteroatoms. The fourth-order valence-electron chi connectivity index (χ4n) is 1.92. The fourth-order valence-corrected chi connectivity index (χ4v) is 1.92. The largest absolute Gasteiger partial charge is 0.463 e. The van der Waals surface area contributed by atoms with Gasteiger partial charge in [-0.25, -0.2) is 0 Å². The van der Waals surface area contributed by atoms with Gasteiger partial charge in [0, 0.05) is 13.3 Å². The Morgan fingerprint density at radius 3 is 2.50 bits per heavy atom. The molecule has 0 aromatic rings. The molecular formula is C11H20O5. The van der Waals surface area contributed by atoms with Crippen LogP contribution in [0.5, 0.6) is 0 Å². The number of ether oxygens (including phenoxy) is 3. The predicted octanol–water partition coefficient (Wildman–Crippen LogP) is 0.840.